The van der Waals surface area contributed by atoms with Crippen molar-refractivity contribution >= 4 is 17.8 Å². The van der Waals surface area contributed by atoms with Crippen LogP contribution in [0.1, 0.15) is 31.7 Å². The highest BCUT2D eigenvalue weighted by molar-refractivity contribution is 6.99. The second-order valence-electron chi connectivity index (χ2n) is 2.04. The average Bonchev–Trinajstić information content (AvgIpc) is 2.55. The van der Waals surface area contributed by atoms with E-state index in [-0.39, 0.29) is 0 Å². The highest BCUT2D eigenvalue weighted by Gasteiger charge is 2.06. The first-order chi connectivity index (χ1) is 5.47. The van der Waals surface area contributed by atoms with Gasteiger partial charge in [0.05, 0.1) is 23.1 Å². The number of fused-ring (bicyclic) bond motifs is 1. The molecule has 0 bridgehead atoms. The highest BCUT2D eigenvalue weighted by Crippen LogP contribution is 2.15. The second-order valence-corrected chi connectivity index (χ2v) is 2.57. The zero-order valence-corrected chi connectivity index (χ0v) is 7.69. The topological polar surface area (TPSA) is 25.8 Å². The third-order valence-corrected chi connectivity index (χ3v) is 1.99. The van der Waals surface area contributed by atoms with Crippen molar-refractivity contribution in [2.24, 2.45) is 0 Å². The van der Waals surface area contributed by atoms with Gasteiger partial charge in [-0.3, -0.25) is 0 Å². The van der Waals surface area contributed by atoms with Crippen molar-refractivity contribution in [1.82, 2.24) is 8.75 Å². The standard InChI is InChI=1S/C6H6N2S.C2H6/c1-2-4-6-5(3-1)7-9-8-6;1-2/h1,3H,2,4H2;1-2H3. The fraction of sp³-hybridized carbons (Fsp3) is 0.500. The van der Waals surface area contributed by atoms with Crippen LogP contribution in [-0.4, -0.2) is 8.75 Å². The number of rotatable bonds is 0. The van der Waals surface area contributed by atoms with Crippen LogP contribution in [-0.2, 0) is 6.42 Å². The Morgan fingerprint density at radius 1 is 1.36 bits per heavy atom. The van der Waals surface area contributed by atoms with Crippen LogP contribution in [0.25, 0.3) is 6.08 Å². The van der Waals surface area contributed by atoms with Gasteiger partial charge in [0.2, 0.25) is 0 Å². The maximum Gasteiger partial charge on any atom is 0.0998 e. The Kier molecular flexibility index (Phi) is 3.23. The molecule has 0 fully saturated rings. The summed E-state index contributed by atoms with van der Waals surface area (Å²) in [6.07, 6.45) is 6.38. The van der Waals surface area contributed by atoms with E-state index < -0.39 is 0 Å². The molecule has 0 saturated heterocycles. The Morgan fingerprint density at radius 3 is 2.91 bits per heavy atom. The SMILES string of the molecule is C1=Cc2nsnc2CC1.CC. The Hall–Kier alpha value is -0.700. The van der Waals surface area contributed by atoms with E-state index >= 15 is 0 Å². The van der Waals surface area contributed by atoms with Gasteiger partial charge < -0.3 is 0 Å². The van der Waals surface area contributed by atoms with Gasteiger partial charge in [-0.05, 0) is 18.9 Å². The molecule has 0 N–H and O–H groups in total. The molecule has 2 rings (SSSR count). The molecule has 3 heteroatoms. The van der Waals surface area contributed by atoms with Gasteiger partial charge in [0.1, 0.15) is 0 Å². The lowest BCUT2D eigenvalue weighted by atomic mass is 10.1. The van der Waals surface area contributed by atoms with Crippen LogP contribution in [0.3, 0.4) is 0 Å². The van der Waals surface area contributed by atoms with E-state index in [0.717, 1.165) is 18.5 Å². The lowest BCUT2D eigenvalue weighted by Crippen LogP contribution is -1.91. The predicted octanol–water partition coefficient (Wildman–Crippen LogP) is 2.52. The fourth-order valence-electron chi connectivity index (χ4n) is 0.928. The van der Waals surface area contributed by atoms with Crippen LogP contribution in [0.2, 0.25) is 0 Å². The first-order valence-corrected chi connectivity index (χ1v) is 4.68. The van der Waals surface area contributed by atoms with Gasteiger partial charge in [-0.2, -0.15) is 8.75 Å². The summed E-state index contributed by atoms with van der Waals surface area (Å²) in [5.74, 6) is 0. The molecule has 0 saturated carbocycles. The van der Waals surface area contributed by atoms with Crippen molar-refractivity contribution < 1.29 is 0 Å². The van der Waals surface area contributed by atoms with Gasteiger partial charge in [-0.15, -0.1) is 0 Å². The van der Waals surface area contributed by atoms with Crippen molar-refractivity contribution in [1.29, 1.82) is 0 Å². The zero-order valence-electron chi connectivity index (χ0n) is 6.87. The Balaban J connectivity index is 0.000000281. The van der Waals surface area contributed by atoms with Crippen molar-refractivity contribution in [3.8, 4) is 0 Å². The molecule has 0 aromatic carbocycles. The van der Waals surface area contributed by atoms with Crippen LogP contribution in [0, 0.1) is 0 Å². The molecule has 60 valence electrons. The highest BCUT2D eigenvalue weighted by atomic mass is 32.1. The number of hydrogen-bond acceptors (Lipinski definition) is 3. The Labute approximate surface area is 71.3 Å². The van der Waals surface area contributed by atoms with Gasteiger partial charge >= 0.3 is 0 Å². The number of aryl methyl sites for hydroxylation is 1. The van der Waals surface area contributed by atoms with E-state index in [2.05, 4.69) is 14.8 Å². The van der Waals surface area contributed by atoms with Gasteiger partial charge in [0.15, 0.2) is 0 Å². The average molecular weight is 168 g/mol. The largest absolute Gasteiger partial charge is 0.177 e. The number of allylic oxidation sites excluding steroid dienone is 1. The summed E-state index contributed by atoms with van der Waals surface area (Å²) in [6, 6.07) is 0. The van der Waals surface area contributed by atoms with Gasteiger partial charge in [-0.25, -0.2) is 0 Å². The summed E-state index contributed by atoms with van der Waals surface area (Å²) in [4.78, 5) is 0. The molecule has 1 aliphatic rings. The first kappa shape index (κ1) is 8.40. The summed E-state index contributed by atoms with van der Waals surface area (Å²) in [5.41, 5.74) is 2.24. The molecular formula is C8H12N2S. The van der Waals surface area contributed by atoms with E-state index in [4.69, 9.17) is 0 Å². The van der Waals surface area contributed by atoms with Crippen molar-refractivity contribution in [3.63, 3.8) is 0 Å². The molecule has 1 aliphatic carbocycles. The van der Waals surface area contributed by atoms with Crippen LogP contribution >= 0.6 is 11.7 Å². The smallest absolute Gasteiger partial charge is 0.0998 e. The van der Waals surface area contributed by atoms with Crippen molar-refractivity contribution in [3.05, 3.63) is 17.5 Å². The Bertz CT molecular complexity index is 240. The summed E-state index contributed by atoms with van der Waals surface area (Å²) >= 11 is 1.30. The van der Waals surface area contributed by atoms with Crippen LogP contribution in [0.4, 0.5) is 0 Å². The minimum Gasteiger partial charge on any atom is -0.177 e. The maximum atomic E-state index is 4.14. The molecule has 0 aliphatic heterocycles. The molecule has 2 nitrogen and oxygen atoms in total. The monoisotopic (exact) mass is 168 g/mol. The minimum absolute atomic E-state index is 1.07. The summed E-state index contributed by atoms with van der Waals surface area (Å²) < 4.78 is 8.24. The van der Waals surface area contributed by atoms with E-state index in [0.29, 0.717) is 0 Å². The van der Waals surface area contributed by atoms with Gasteiger partial charge in [0.25, 0.3) is 0 Å². The summed E-state index contributed by atoms with van der Waals surface area (Å²) in [7, 11) is 0. The van der Waals surface area contributed by atoms with Crippen LogP contribution in [0.5, 0.6) is 0 Å². The fourth-order valence-corrected chi connectivity index (χ4v) is 1.51. The zero-order chi connectivity index (χ0) is 8.10. The number of aromatic nitrogens is 2. The number of hydrogen-bond donors (Lipinski definition) is 0. The molecule has 0 atom stereocenters. The van der Waals surface area contributed by atoms with Crippen molar-refractivity contribution in [2.75, 3.05) is 0 Å². The summed E-state index contributed by atoms with van der Waals surface area (Å²) in [6.45, 7) is 4.00. The van der Waals surface area contributed by atoms with E-state index in [9.17, 15) is 0 Å². The lowest BCUT2D eigenvalue weighted by Gasteiger charge is -1.97. The van der Waals surface area contributed by atoms with E-state index in [1.54, 1.807) is 0 Å². The molecule has 0 amide bonds. The quantitative estimate of drug-likeness (QED) is 0.595. The molecule has 1 heterocycles. The minimum atomic E-state index is 1.07. The third kappa shape index (κ3) is 1.87. The van der Waals surface area contributed by atoms with Crippen LogP contribution < -0.4 is 0 Å². The molecule has 0 unspecified atom stereocenters. The maximum absolute atomic E-state index is 4.14. The first-order valence-electron chi connectivity index (χ1n) is 3.95. The van der Waals surface area contributed by atoms with Crippen molar-refractivity contribution in [2.45, 2.75) is 26.7 Å². The molecule has 0 spiro atoms. The van der Waals surface area contributed by atoms with Gasteiger partial charge in [0, 0.05) is 0 Å². The predicted molar refractivity (Wildman–Crippen MR) is 48.6 cm³/mol. The normalized spacial score (nSPS) is 13.3. The molecule has 1 aromatic heterocycles. The van der Waals surface area contributed by atoms with E-state index in [1.165, 1.54) is 17.4 Å². The second kappa shape index (κ2) is 4.23. The molecule has 11 heavy (non-hydrogen) atoms. The van der Waals surface area contributed by atoms with Gasteiger partial charge in [-0.1, -0.05) is 19.9 Å². The Morgan fingerprint density at radius 2 is 2.18 bits per heavy atom. The lowest BCUT2D eigenvalue weighted by molar-refractivity contribution is 0.949. The summed E-state index contributed by atoms with van der Waals surface area (Å²) in [5, 5.41) is 0. The molecular weight excluding hydrogens is 156 g/mol. The van der Waals surface area contributed by atoms with Crippen LogP contribution in [0.15, 0.2) is 6.08 Å². The molecule has 0 radical (unpaired) electrons. The van der Waals surface area contributed by atoms with E-state index in [1.807, 2.05) is 19.9 Å². The molecule has 1 aromatic rings. The third-order valence-electron chi connectivity index (χ3n) is 1.41. The number of nitrogens with zero attached hydrogens (tertiary/aromatic N) is 2.